The lowest BCUT2D eigenvalue weighted by Crippen LogP contribution is -2.18. The van der Waals surface area contributed by atoms with Crippen molar-refractivity contribution in [2.75, 3.05) is 26.4 Å². The second-order valence-corrected chi connectivity index (χ2v) is 7.94. The number of aliphatic hydroxyl groups is 3. The van der Waals surface area contributed by atoms with Crippen molar-refractivity contribution in [1.29, 1.82) is 0 Å². The topological polar surface area (TPSA) is 124 Å². The van der Waals surface area contributed by atoms with Gasteiger partial charge in [-0.25, -0.2) is 0 Å². The molecule has 0 radical (unpaired) electrons. The molecule has 0 unspecified atom stereocenters. The minimum atomic E-state index is -0.979. The van der Waals surface area contributed by atoms with Gasteiger partial charge in [0.25, 0.3) is 0 Å². The Morgan fingerprint density at radius 2 is 1.29 bits per heavy atom. The van der Waals surface area contributed by atoms with E-state index in [1.807, 2.05) is 39.8 Å². The molecule has 0 saturated heterocycles. The first kappa shape index (κ1) is 28.8. The summed E-state index contributed by atoms with van der Waals surface area (Å²) in [7, 11) is 0. The number of esters is 1. The molecule has 31 heavy (non-hydrogen) atoms. The summed E-state index contributed by atoms with van der Waals surface area (Å²) in [5.41, 5.74) is 3.11. The van der Waals surface area contributed by atoms with Crippen molar-refractivity contribution in [1.82, 2.24) is 0 Å². The molecule has 0 aromatic carbocycles. The Morgan fingerprint density at radius 3 is 1.74 bits per heavy atom. The third-order valence-electron chi connectivity index (χ3n) is 4.56. The first-order valence-corrected chi connectivity index (χ1v) is 10.5. The van der Waals surface area contributed by atoms with Crippen molar-refractivity contribution in [2.24, 2.45) is 11.8 Å². The molecule has 7 nitrogen and oxygen atoms in total. The van der Waals surface area contributed by atoms with Crippen LogP contribution in [0.1, 0.15) is 53.4 Å². The van der Waals surface area contributed by atoms with Crippen molar-refractivity contribution in [2.45, 2.75) is 53.4 Å². The Bertz CT molecular complexity index is 678. The molecule has 0 fully saturated rings. The Balaban J connectivity index is 5.17. The Kier molecular flexibility index (Phi) is 15.3. The molecular weight excluding hydrogens is 400 g/mol. The van der Waals surface area contributed by atoms with Gasteiger partial charge in [-0.1, -0.05) is 35.5 Å². The maximum absolute atomic E-state index is 12.6. The molecule has 0 aliphatic carbocycles. The molecule has 0 saturated carbocycles. The van der Waals surface area contributed by atoms with Crippen molar-refractivity contribution < 1.29 is 34.8 Å². The van der Waals surface area contributed by atoms with Gasteiger partial charge in [-0.05, 0) is 58.1 Å². The lowest BCUT2D eigenvalue weighted by molar-refractivity contribution is -0.146. The molecule has 4 N–H and O–H groups in total. The van der Waals surface area contributed by atoms with E-state index >= 15 is 0 Å². The maximum Gasteiger partial charge on any atom is 0.313 e. The van der Waals surface area contributed by atoms with Gasteiger partial charge in [0.1, 0.15) is 0 Å². The van der Waals surface area contributed by atoms with Gasteiger partial charge in [0, 0.05) is 13.0 Å². The van der Waals surface area contributed by atoms with Crippen LogP contribution in [0.3, 0.4) is 0 Å². The van der Waals surface area contributed by atoms with Crippen molar-refractivity contribution in [3.63, 3.8) is 0 Å². The van der Waals surface area contributed by atoms with Gasteiger partial charge >= 0.3 is 11.9 Å². The predicted octanol–water partition coefficient (Wildman–Crippen LogP) is 3.17. The van der Waals surface area contributed by atoms with Gasteiger partial charge in [-0.3, -0.25) is 9.59 Å². The van der Waals surface area contributed by atoms with Gasteiger partial charge in [0.15, 0.2) is 0 Å². The second-order valence-electron chi connectivity index (χ2n) is 7.94. The number of carbonyl (C=O) groups excluding carboxylic acids is 1. The summed E-state index contributed by atoms with van der Waals surface area (Å²) in [4.78, 5) is 24.0. The molecule has 0 amide bonds. The fourth-order valence-corrected chi connectivity index (χ4v) is 2.73. The van der Waals surface area contributed by atoms with E-state index in [1.165, 1.54) is 6.08 Å². The predicted molar refractivity (Wildman–Crippen MR) is 120 cm³/mol. The highest BCUT2D eigenvalue weighted by molar-refractivity contribution is 5.75. The average Bonchev–Trinajstić information content (AvgIpc) is 2.71. The molecule has 7 heteroatoms. The van der Waals surface area contributed by atoms with Crippen molar-refractivity contribution >= 4 is 11.9 Å². The quantitative estimate of drug-likeness (QED) is 0.229. The van der Waals surface area contributed by atoms with Crippen LogP contribution in [0.4, 0.5) is 0 Å². The Morgan fingerprint density at radius 1 is 0.806 bits per heavy atom. The lowest BCUT2D eigenvalue weighted by atomic mass is 9.99. The highest BCUT2D eigenvalue weighted by atomic mass is 16.5. The van der Waals surface area contributed by atoms with Gasteiger partial charge in [-0.2, -0.15) is 0 Å². The van der Waals surface area contributed by atoms with E-state index in [9.17, 15) is 24.9 Å². The van der Waals surface area contributed by atoms with E-state index in [0.29, 0.717) is 24.0 Å². The summed E-state index contributed by atoms with van der Waals surface area (Å²) in [6, 6.07) is 0. The number of hydrogen-bond acceptors (Lipinski definition) is 6. The molecule has 0 aromatic heterocycles. The van der Waals surface area contributed by atoms with Crippen LogP contribution < -0.4 is 0 Å². The third-order valence-corrected chi connectivity index (χ3v) is 4.56. The monoisotopic (exact) mass is 438 g/mol. The summed E-state index contributed by atoms with van der Waals surface area (Å²) in [5, 5.41) is 37.5. The summed E-state index contributed by atoms with van der Waals surface area (Å²) >= 11 is 0. The van der Waals surface area contributed by atoms with Crippen LogP contribution in [0.25, 0.3) is 0 Å². The average molecular weight is 439 g/mol. The number of aliphatic hydroxyl groups excluding tert-OH is 3. The molecule has 0 bridgehead atoms. The van der Waals surface area contributed by atoms with Crippen LogP contribution in [0, 0.1) is 11.8 Å². The first-order valence-electron chi connectivity index (χ1n) is 10.5. The molecule has 0 heterocycles. The van der Waals surface area contributed by atoms with Crippen LogP contribution in [-0.2, 0) is 14.3 Å². The van der Waals surface area contributed by atoms with Crippen LogP contribution in [0.2, 0.25) is 0 Å². The number of allylic oxidation sites excluding steroid dienone is 4. The molecule has 0 spiro atoms. The number of hydrogen-bond donors (Lipinski definition) is 4. The fourth-order valence-electron chi connectivity index (χ4n) is 2.73. The number of aliphatic carboxylic acids is 1. The lowest BCUT2D eigenvalue weighted by Gasteiger charge is -2.14. The van der Waals surface area contributed by atoms with Gasteiger partial charge in [-0.15, -0.1) is 0 Å². The van der Waals surface area contributed by atoms with Crippen LogP contribution in [0.5, 0.6) is 0 Å². The minimum Gasteiger partial charge on any atom is -0.481 e. The summed E-state index contributed by atoms with van der Waals surface area (Å²) in [6.07, 6.45) is 8.10. The first-order chi connectivity index (χ1) is 14.6. The summed E-state index contributed by atoms with van der Waals surface area (Å²) in [6.45, 7) is 6.92. The molecule has 0 aliphatic heterocycles. The third kappa shape index (κ3) is 13.6. The normalized spacial score (nSPS) is 13.9. The Hall–Kier alpha value is -2.22. The van der Waals surface area contributed by atoms with Gasteiger partial charge < -0.3 is 25.2 Å². The van der Waals surface area contributed by atoms with E-state index in [2.05, 4.69) is 0 Å². The molecule has 0 rings (SSSR count). The van der Waals surface area contributed by atoms with E-state index < -0.39 is 23.8 Å². The zero-order chi connectivity index (χ0) is 23.8. The second kappa shape index (κ2) is 16.5. The molecular formula is C24H38O7. The Labute approximate surface area is 185 Å². The van der Waals surface area contributed by atoms with E-state index in [4.69, 9.17) is 9.84 Å². The number of carbonyl (C=O) groups is 2. The number of carboxylic acid groups (broad SMARTS) is 1. The fraction of sp³-hybridized carbons (Fsp3) is 0.583. The van der Waals surface area contributed by atoms with Gasteiger partial charge in [0.05, 0.1) is 31.7 Å². The summed E-state index contributed by atoms with van der Waals surface area (Å²) in [5.74, 6) is -2.81. The van der Waals surface area contributed by atoms with E-state index in [1.54, 1.807) is 6.08 Å². The standard InChI is InChI=1S/C24H38O7/c1-17(2)5-7-21(23(28)29)13-20(16-27)10-12-31-24(30)22(8-6-18(3)4)14-19(15-26)9-11-25/h5-6,13-14,21-22,25-27H,7-12,15-16H2,1-4H3,(H,28,29)/b19-14+,20-13+/t21-,22-/m0/s1. The van der Waals surface area contributed by atoms with Gasteiger partial charge in [0.2, 0.25) is 0 Å². The smallest absolute Gasteiger partial charge is 0.313 e. The number of rotatable bonds is 15. The molecule has 0 aromatic rings. The zero-order valence-electron chi connectivity index (χ0n) is 19.1. The number of ether oxygens (including phenoxy) is 1. The maximum atomic E-state index is 12.6. The van der Waals surface area contributed by atoms with E-state index in [-0.39, 0.29) is 39.3 Å². The van der Waals surface area contributed by atoms with Crippen LogP contribution in [0.15, 0.2) is 46.6 Å². The highest BCUT2D eigenvalue weighted by Crippen LogP contribution is 2.17. The van der Waals surface area contributed by atoms with Crippen molar-refractivity contribution in [3.05, 3.63) is 46.6 Å². The minimum absolute atomic E-state index is 0.00777. The highest BCUT2D eigenvalue weighted by Gasteiger charge is 2.18. The zero-order valence-corrected chi connectivity index (χ0v) is 19.1. The molecule has 2 atom stereocenters. The van der Waals surface area contributed by atoms with Crippen LogP contribution >= 0.6 is 0 Å². The SMILES string of the molecule is CC(C)=CC[C@@H](/C=C(/CO)CCOC(=O)[C@H](/C=C(/CO)CCO)CC=C(C)C)C(=O)O. The van der Waals surface area contributed by atoms with E-state index in [0.717, 1.165) is 11.1 Å². The number of carboxylic acids is 1. The molecule has 176 valence electrons. The largest absolute Gasteiger partial charge is 0.481 e. The molecule has 0 aliphatic rings. The summed E-state index contributed by atoms with van der Waals surface area (Å²) < 4.78 is 5.36. The van der Waals surface area contributed by atoms with Crippen molar-refractivity contribution in [3.8, 4) is 0 Å². The van der Waals surface area contributed by atoms with Crippen LogP contribution in [-0.4, -0.2) is 58.8 Å².